The van der Waals surface area contributed by atoms with E-state index in [4.69, 9.17) is 11.6 Å². The highest BCUT2D eigenvalue weighted by molar-refractivity contribution is 6.32. The summed E-state index contributed by atoms with van der Waals surface area (Å²) in [7, 11) is 0. The normalized spacial score (nSPS) is 11.6. The molecule has 0 aliphatic heterocycles. The van der Waals surface area contributed by atoms with Crippen LogP contribution in [0.15, 0.2) is 78.9 Å². The standard InChI is InChI=1S/C22H13ClFN/c23-19-12-18-17-10-14-6-4-5-7-15(14)11-21(17)25(22(18)13-20(19)24)16-8-2-1-3-9-16/h1-13H. The van der Waals surface area contributed by atoms with Crippen LogP contribution in [0.3, 0.4) is 0 Å². The summed E-state index contributed by atoms with van der Waals surface area (Å²) in [6, 6.07) is 25.8. The minimum Gasteiger partial charge on any atom is -0.309 e. The van der Waals surface area contributed by atoms with Crippen LogP contribution in [0.5, 0.6) is 0 Å². The summed E-state index contributed by atoms with van der Waals surface area (Å²) in [6.07, 6.45) is 0. The van der Waals surface area contributed by atoms with Crippen molar-refractivity contribution in [3.8, 4) is 5.69 Å². The van der Waals surface area contributed by atoms with Crippen LogP contribution in [0.4, 0.5) is 4.39 Å². The molecule has 0 fully saturated rings. The molecule has 0 unspecified atom stereocenters. The maximum Gasteiger partial charge on any atom is 0.143 e. The minimum atomic E-state index is -0.404. The van der Waals surface area contributed by atoms with Crippen LogP contribution in [-0.4, -0.2) is 4.57 Å². The van der Waals surface area contributed by atoms with Gasteiger partial charge in [0.05, 0.1) is 16.1 Å². The molecule has 0 bridgehead atoms. The van der Waals surface area contributed by atoms with Crippen molar-refractivity contribution >= 4 is 44.2 Å². The van der Waals surface area contributed by atoms with Gasteiger partial charge in [0.2, 0.25) is 0 Å². The van der Waals surface area contributed by atoms with Crippen molar-refractivity contribution in [1.82, 2.24) is 4.57 Å². The first-order valence-corrected chi connectivity index (χ1v) is 8.47. The van der Waals surface area contributed by atoms with E-state index in [1.807, 2.05) is 42.5 Å². The summed E-state index contributed by atoms with van der Waals surface area (Å²) >= 11 is 6.08. The lowest BCUT2D eigenvalue weighted by molar-refractivity contribution is 0.629. The first-order valence-electron chi connectivity index (χ1n) is 8.10. The largest absolute Gasteiger partial charge is 0.309 e. The summed E-state index contributed by atoms with van der Waals surface area (Å²) in [5, 5.41) is 4.48. The van der Waals surface area contributed by atoms with Gasteiger partial charge in [0.25, 0.3) is 0 Å². The number of rotatable bonds is 1. The number of fused-ring (bicyclic) bond motifs is 4. The summed E-state index contributed by atoms with van der Waals surface area (Å²) < 4.78 is 16.3. The monoisotopic (exact) mass is 345 g/mol. The fraction of sp³-hybridized carbons (Fsp3) is 0. The molecule has 3 heteroatoms. The molecular weight excluding hydrogens is 333 g/mol. The van der Waals surface area contributed by atoms with E-state index in [-0.39, 0.29) is 5.02 Å². The molecule has 25 heavy (non-hydrogen) atoms. The van der Waals surface area contributed by atoms with Crippen molar-refractivity contribution < 1.29 is 4.39 Å². The van der Waals surface area contributed by atoms with Crippen molar-refractivity contribution in [1.29, 1.82) is 0 Å². The van der Waals surface area contributed by atoms with Gasteiger partial charge in [0, 0.05) is 22.5 Å². The maximum atomic E-state index is 14.2. The third-order valence-corrected chi connectivity index (χ3v) is 4.98. The molecule has 5 rings (SSSR count). The number of aromatic nitrogens is 1. The molecule has 0 aliphatic carbocycles. The molecule has 0 aliphatic rings. The lowest BCUT2D eigenvalue weighted by Crippen LogP contribution is -1.93. The van der Waals surface area contributed by atoms with Gasteiger partial charge in [0.15, 0.2) is 0 Å². The number of benzene rings is 4. The third kappa shape index (κ3) is 2.15. The van der Waals surface area contributed by atoms with E-state index in [9.17, 15) is 4.39 Å². The molecule has 5 aromatic rings. The van der Waals surface area contributed by atoms with E-state index in [0.717, 1.165) is 38.3 Å². The zero-order valence-corrected chi connectivity index (χ0v) is 14.0. The van der Waals surface area contributed by atoms with E-state index in [1.165, 1.54) is 6.07 Å². The van der Waals surface area contributed by atoms with Crippen molar-refractivity contribution in [3.05, 3.63) is 89.7 Å². The summed E-state index contributed by atoms with van der Waals surface area (Å²) in [5.74, 6) is -0.404. The van der Waals surface area contributed by atoms with Gasteiger partial charge in [-0.3, -0.25) is 0 Å². The smallest absolute Gasteiger partial charge is 0.143 e. The molecule has 0 N–H and O–H groups in total. The first-order chi connectivity index (χ1) is 12.2. The van der Waals surface area contributed by atoms with Gasteiger partial charge < -0.3 is 4.57 Å². The second-order valence-electron chi connectivity index (χ2n) is 6.17. The summed E-state index contributed by atoms with van der Waals surface area (Å²) in [5.41, 5.74) is 2.86. The molecule has 0 saturated heterocycles. The lowest BCUT2D eigenvalue weighted by atomic mass is 10.1. The van der Waals surface area contributed by atoms with Crippen molar-refractivity contribution in [2.75, 3.05) is 0 Å². The quantitative estimate of drug-likeness (QED) is 0.317. The van der Waals surface area contributed by atoms with Gasteiger partial charge in [-0.1, -0.05) is 54.1 Å². The minimum absolute atomic E-state index is 0.146. The first kappa shape index (κ1) is 14.5. The molecule has 0 radical (unpaired) electrons. The molecular formula is C22H13ClFN. The Morgan fingerprint density at radius 1 is 0.680 bits per heavy atom. The Kier molecular flexibility index (Phi) is 3.09. The van der Waals surface area contributed by atoms with Gasteiger partial charge in [-0.05, 0) is 41.1 Å². The molecule has 1 nitrogen and oxygen atoms in total. The van der Waals surface area contributed by atoms with E-state index < -0.39 is 5.82 Å². The molecule has 0 spiro atoms. The van der Waals surface area contributed by atoms with Gasteiger partial charge >= 0.3 is 0 Å². The Morgan fingerprint density at radius 3 is 2.04 bits per heavy atom. The Morgan fingerprint density at radius 2 is 1.28 bits per heavy atom. The number of halogens is 2. The second kappa shape index (κ2) is 5.33. The van der Waals surface area contributed by atoms with Gasteiger partial charge in [0.1, 0.15) is 5.82 Å². The van der Waals surface area contributed by atoms with E-state index in [2.05, 4.69) is 28.8 Å². The maximum absolute atomic E-state index is 14.2. The summed E-state index contributed by atoms with van der Waals surface area (Å²) in [4.78, 5) is 0. The highest BCUT2D eigenvalue weighted by atomic mass is 35.5. The van der Waals surface area contributed by atoms with E-state index in [0.29, 0.717) is 0 Å². The van der Waals surface area contributed by atoms with Crippen LogP contribution >= 0.6 is 11.6 Å². The zero-order valence-electron chi connectivity index (χ0n) is 13.2. The Bertz CT molecular complexity index is 1260. The van der Waals surface area contributed by atoms with Gasteiger partial charge in [-0.25, -0.2) is 4.39 Å². The topological polar surface area (TPSA) is 4.93 Å². The van der Waals surface area contributed by atoms with E-state index in [1.54, 1.807) is 6.07 Å². The predicted molar refractivity (Wildman–Crippen MR) is 103 cm³/mol. The number of hydrogen-bond donors (Lipinski definition) is 0. The van der Waals surface area contributed by atoms with Crippen molar-refractivity contribution in [2.45, 2.75) is 0 Å². The predicted octanol–water partition coefficient (Wildman–Crippen LogP) is 6.73. The summed E-state index contributed by atoms with van der Waals surface area (Å²) in [6.45, 7) is 0. The molecule has 1 aromatic heterocycles. The molecule has 0 amide bonds. The van der Waals surface area contributed by atoms with Crippen LogP contribution in [-0.2, 0) is 0 Å². The molecule has 0 atom stereocenters. The molecule has 4 aromatic carbocycles. The van der Waals surface area contributed by atoms with Crippen molar-refractivity contribution in [3.63, 3.8) is 0 Å². The number of nitrogens with zero attached hydrogens (tertiary/aromatic N) is 1. The highest BCUT2D eigenvalue weighted by Crippen LogP contribution is 2.36. The Labute approximate surface area is 148 Å². The van der Waals surface area contributed by atoms with Crippen LogP contribution in [0.2, 0.25) is 5.02 Å². The lowest BCUT2D eigenvalue weighted by Gasteiger charge is -2.08. The van der Waals surface area contributed by atoms with Gasteiger partial charge in [-0.15, -0.1) is 0 Å². The molecule has 0 saturated carbocycles. The van der Waals surface area contributed by atoms with Crippen LogP contribution < -0.4 is 0 Å². The Hall–Kier alpha value is -2.84. The van der Waals surface area contributed by atoms with Gasteiger partial charge in [-0.2, -0.15) is 0 Å². The SMILES string of the molecule is Fc1cc2c(cc1Cl)c1cc3ccccc3cc1n2-c1ccccc1. The third-order valence-electron chi connectivity index (χ3n) is 4.69. The highest BCUT2D eigenvalue weighted by Gasteiger charge is 2.15. The Balaban J connectivity index is 2.04. The average molecular weight is 346 g/mol. The average Bonchev–Trinajstić information content (AvgIpc) is 2.93. The number of para-hydroxylation sites is 1. The van der Waals surface area contributed by atoms with Crippen LogP contribution in [0.25, 0.3) is 38.3 Å². The second-order valence-corrected chi connectivity index (χ2v) is 6.58. The molecule has 120 valence electrons. The fourth-order valence-corrected chi connectivity index (χ4v) is 3.71. The van der Waals surface area contributed by atoms with Crippen LogP contribution in [0, 0.1) is 5.82 Å². The van der Waals surface area contributed by atoms with Crippen LogP contribution in [0.1, 0.15) is 0 Å². The number of hydrogen-bond acceptors (Lipinski definition) is 0. The fourth-order valence-electron chi connectivity index (χ4n) is 3.55. The zero-order chi connectivity index (χ0) is 17.0. The van der Waals surface area contributed by atoms with E-state index >= 15 is 0 Å². The molecule has 1 heterocycles. The van der Waals surface area contributed by atoms with Crippen molar-refractivity contribution in [2.24, 2.45) is 0 Å².